The highest BCUT2D eigenvalue weighted by Gasteiger charge is 2.19. The van der Waals surface area contributed by atoms with Crippen LogP contribution >= 0.6 is 11.3 Å². The number of benzene rings is 1. The van der Waals surface area contributed by atoms with Crippen LogP contribution in [0.25, 0.3) is 11.1 Å². The van der Waals surface area contributed by atoms with Crippen LogP contribution in [0.5, 0.6) is 5.75 Å². The topological polar surface area (TPSA) is 80.5 Å². The van der Waals surface area contributed by atoms with Gasteiger partial charge in [0.1, 0.15) is 18.1 Å². The van der Waals surface area contributed by atoms with Crippen molar-refractivity contribution in [1.29, 1.82) is 0 Å². The second kappa shape index (κ2) is 8.97. The molecule has 1 aliphatic heterocycles. The number of hydrogen-bond donors (Lipinski definition) is 1. The van der Waals surface area contributed by atoms with E-state index in [-0.39, 0.29) is 5.91 Å². The summed E-state index contributed by atoms with van der Waals surface area (Å²) in [6.45, 7) is 9.53. The number of hydrogen-bond acceptors (Lipinski definition) is 7. The van der Waals surface area contributed by atoms with Gasteiger partial charge in [0.05, 0.1) is 28.9 Å². The van der Waals surface area contributed by atoms with Gasteiger partial charge >= 0.3 is 0 Å². The largest absolute Gasteiger partial charge is 0.492 e. The SMILES string of the molecule is Cc1ncsc1CC(=O)Nc1ccc(OCCN2CCC2)c(-c2c(C)noc2C)c1. The molecule has 1 fully saturated rings. The molecule has 1 aliphatic rings. The lowest BCUT2D eigenvalue weighted by atomic mass is 10.0. The number of nitrogens with zero attached hydrogens (tertiary/aromatic N) is 3. The highest BCUT2D eigenvalue weighted by molar-refractivity contribution is 7.09. The number of aryl methyl sites for hydroxylation is 3. The third kappa shape index (κ3) is 4.55. The van der Waals surface area contributed by atoms with Gasteiger partial charge in [-0.2, -0.15) is 0 Å². The van der Waals surface area contributed by atoms with E-state index >= 15 is 0 Å². The van der Waals surface area contributed by atoms with E-state index in [4.69, 9.17) is 9.26 Å². The van der Waals surface area contributed by atoms with E-state index < -0.39 is 0 Å². The van der Waals surface area contributed by atoms with Gasteiger partial charge in [-0.15, -0.1) is 11.3 Å². The number of ether oxygens (including phenoxy) is 1. The molecule has 0 saturated carbocycles. The molecule has 7 nitrogen and oxygen atoms in total. The lowest BCUT2D eigenvalue weighted by Crippen LogP contribution is -2.39. The summed E-state index contributed by atoms with van der Waals surface area (Å²) in [5.41, 5.74) is 5.96. The average Bonchev–Trinajstić information content (AvgIpc) is 3.23. The van der Waals surface area contributed by atoms with Crippen LogP contribution in [0.3, 0.4) is 0 Å². The molecule has 0 spiro atoms. The maximum atomic E-state index is 12.5. The van der Waals surface area contributed by atoms with E-state index in [1.165, 1.54) is 17.8 Å². The maximum Gasteiger partial charge on any atom is 0.229 e. The number of carbonyl (C=O) groups excluding carboxylic acids is 1. The van der Waals surface area contributed by atoms with E-state index in [2.05, 4.69) is 20.4 Å². The first-order valence-electron chi connectivity index (χ1n) is 10.1. The number of carbonyl (C=O) groups is 1. The quantitative estimate of drug-likeness (QED) is 0.587. The number of thiazole rings is 1. The summed E-state index contributed by atoms with van der Waals surface area (Å²) >= 11 is 1.50. The van der Waals surface area contributed by atoms with E-state index in [0.29, 0.717) is 18.7 Å². The van der Waals surface area contributed by atoms with Gasteiger partial charge in [-0.3, -0.25) is 9.69 Å². The fourth-order valence-corrected chi connectivity index (χ4v) is 4.31. The zero-order chi connectivity index (χ0) is 21.1. The molecule has 0 atom stereocenters. The molecule has 0 aliphatic carbocycles. The lowest BCUT2D eigenvalue weighted by Gasteiger charge is -2.30. The van der Waals surface area contributed by atoms with Gasteiger partial charge in [-0.1, -0.05) is 5.16 Å². The lowest BCUT2D eigenvalue weighted by molar-refractivity contribution is -0.115. The normalized spacial score (nSPS) is 13.8. The minimum Gasteiger partial charge on any atom is -0.492 e. The summed E-state index contributed by atoms with van der Waals surface area (Å²) in [6.07, 6.45) is 1.57. The Hall–Kier alpha value is -2.71. The zero-order valence-electron chi connectivity index (χ0n) is 17.5. The number of aromatic nitrogens is 2. The van der Waals surface area contributed by atoms with Gasteiger partial charge in [0, 0.05) is 22.7 Å². The first-order chi connectivity index (χ1) is 14.5. The summed E-state index contributed by atoms with van der Waals surface area (Å²) in [7, 11) is 0. The van der Waals surface area contributed by atoms with Crippen molar-refractivity contribution in [2.75, 3.05) is 31.6 Å². The van der Waals surface area contributed by atoms with Crippen molar-refractivity contribution >= 4 is 22.9 Å². The first-order valence-corrected chi connectivity index (χ1v) is 11.0. The maximum absolute atomic E-state index is 12.5. The first kappa shape index (κ1) is 20.6. The molecule has 8 heteroatoms. The van der Waals surface area contributed by atoms with Crippen LogP contribution in [0.1, 0.15) is 28.4 Å². The van der Waals surface area contributed by atoms with Crippen LogP contribution in [0.15, 0.2) is 28.2 Å². The standard InChI is InChI=1S/C22H26N4O3S/c1-14-20(30-13-23-14)12-21(27)24-17-5-6-19(28-10-9-26-7-4-8-26)18(11-17)22-15(2)25-29-16(22)3/h5-6,11,13H,4,7-10,12H2,1-3H3,(H,24,27). The Kier molecular flexibility index (Phi) is 6.15. The van der Waals surface area contributed by atoms with Gasteiger partial charge in [0.25, 0.3) is 0 Å². The molecular weight excluding hydrogens is 400 g/mol. The third-order valence-corrected chi connectivity index (χ3v) is 6.28. The molecule has 1 amide bonds. The highest BCUT2D eigenvalue weighted by Crippen LogP contribution is 2.36. The molecule has 1 saturated heterocycles. The molecule has 0 unspecified atom stereocenters. The zero-order valence-corrected chi connectivity index (χ0v) is 18.3. The van der Waals surface area contributed by atoms with Gasteiger partial charge in [-0.25, -0.2) is 4.98 Å². The number of anilines is 1. The number of likely N-dealkylation sites (tertiary alicyclic amines) is 1. The predicted octanol–water partition coefficient (Wildman–Crippen LogP) is 3.99. The average molecular weight is 427 g/mol. The van der Waals surface area contributed by atoms with Gasteiger partial charge in [-0.05, 0) is 58.5 Å². The Morgan fingerprint density at radius 2 is 2.10 bits per heavy atom. The van der Waals surface area contributed by atoms with Crippen LogP contribution in [0.2, 0.25) is 0 Å². The molecule has 158 valence electrons. The Balaban J connectivity index is 1.54. The molecule has 30 heavy (non-hydrogen) atoms. The van der Waals surface area contributed by atoms with E-state index in [1.807, 2.05) is 39.0 Å². The molecule has 1 N–H and O–H groups in total. The third-order valence-electron chi connectivity index (χ3n) is 5.35. The fraction of sp³-hybridized carbons (Fsp3) is 0.409. The Morgan fingerprint density at radius 3 is 2.73 bits per heavy atom. The van der Waals surface area contributed by atoms with Crippen LogP contribution in [-0.2, 0) is 11.2 Å². The molecule has 0 bridgehead atoms. The molecule has 3 aromatic rings. The summed E-state index contributed by atoms with van der Waals surface area (Å²) in [5, 5.41) is 7.08. The van der Waals surface area contributed by atoms with E-state index in [0.717, 1.165) is 58.5 Å². The van der Waals surface area contributed by atoms with Crippen LogP contribution < -0.4 is 10.1 Å². The summed E-state index contributed by atoms with van der Waals surface area (Å²) in [4.78, 5) is 20.1. The summed E-state index contributed by atoms with van der Waals surface area (Å²) in [6, 6.07) is 5.71. The van der Waals surface area contributed by atoms with Gasteiger partial charge < -0.3 is 14.6 Å². The van der Waals surface area contributed by atoms with Crippen molar-refractivity contribution < 1.29 is 14.1 Å². The van der Waals surface area contributed by atoms with Crippen molar-refractivity contribution in [3.63, 3.8) is 0 Å². The van der Waals surface area contributed by atoms with Crippen LogP contribution in [0.4, 0.5) is 5.69 Å². The monoisotopic (exact) mass is 426 g/mol. The summed E-state index contributed by atoms with van der Waals surface area (Å²) in [5.74, 6) is 1.42. The number of amides is 1. The Bertz CT molecular complexity index is 1020. The van der Waals surface area contributed by atoms with Gasteiger partial charge in [0.15, 0.2) is 0 Å². The van der Waals surface area contributed by atoms with Crippen LogP contribution in [0, 0.1) is 20.8 Å². The number of nitrogens with one attached hydrogen (secondary N) is 1. The molecule has 0 radical (unpaired) electrons. The Labute approximate surface area is 180 Å². The summed E-state index contributed by atoms with van der Waals surface area (Å²) < 4.78 is 11.5. The highest BCUT2D eigenvalue weighted by atomic mass is 32.1. The molecular formula is C22H26N4O3S. The molecule has 1 aromatic carbocycles. The second-order valence-electron chi connectivity index (χ2n) is 7.54. The molecule has 4 rings (SSSR count). The molecule has 2 aromatic heterocycles. The Morgan fingerprint density at radius 1 is 1.27 bits per heavy atom. The second-order valence-corrected chi connectivity index (χ2v) is 8.48. The van der Waals surface area contributed by atoms with Crippen molar-refractivity contribution in [1.82, 2.24) is 15.0 Å². The van der Waals surface area contributed by atoms with Crippen molar-refractivity contribution in [3.8, 4) is 16.9 Å². The predicted molar refractivity (Wildman–Crippen MR) is 117 cm³/mol. The van der Waals surface area contributed by atoms with Crippen LogP contribution in [-0.4, -0.2) is 47.2 Å². The molecule has 3 heterocycles. The van der Waals surface area contributed by atoms with Gasteiger partial charge in [0.2, 0.25) is 5.91 Å². The van der Waals surface area contributed by atoms with Crippen molar-refractivity contribution in [3.05, 3.63) is 45.7 Å². The van der Waals surface area contributed by atoms with Crippen molar-refractivity contribution in [2.24, 2.45) is 0 Å². The van der Waals surface area contributed by atoms with Crippen molar-refractivity contribution in [2.45, 2.75) is 33.6 Å². The van der Waals surface area contributed by atoms with E-state index in [1.54, 1.807) is 5.51 Å². The number of rotatable bonds is 8. The fourth-order valence-electron chi connectivity index (χ4n) is 3.53. The minimum absolute atomic E-state index is 0.0708. The smallest absolute Gasteiger partial charge is 0.229 e. The van der Waals surface area contributed by atoms with E-state index in [9.17, 15) is 4.79 Å². The minimum atomic E-state index is -0.0708.